The van der Waals surface area contributed by atoms with Gasteiger partial charge in [0.2, 0.25) is 5.12 Å². The van der Waals surface area contributed by atoms with Gasteiger partial charge in [0.25, 0.3) is 0 Å². The van der Waals surface area contributed by atoms with Crippen molar-refractivity contribution in [3.05, 3.63) is 83.9 Å². The first-order chi connectivity index (χ1) is 13.2. The highest BCUT2D eigenvalue weighted by Crippen LogP contribution is 2.47. The Kier molecular flexibility index (Phi) is 5.66. The Bertz CT molecular complexity index is 930. The molecule has 0 radical (unpaired) electrons. The maximum Gasteiger partial charge on any atom is 0.205 e. The van der Waals surface area contributed by atoms with Gasteiger partial charge in [-0.15, -0.1) is 0 Å². The number of para-hydroxylation sites is 2. The van der Waals surface area contributed by atoms with Crippen molar-refractivity contribution < 1.29 is 8.98 Å². The molecule has 6 heteroatoms. The fourth-order valence-electron chi connectivity index (χ4n) is 3.40. The second kappa shape index (κ2) is 8.16. The van der Waals surface area contributed by atoms with Crippen LogP contribution in [0, 0.1) is 0 Å². The van der Waals surface area contributed by atoms with E-state index in [2.05, 4.69) is 57.4 Å². The third-order valence-corrected chi connectivity index (χ3v) is 6.36. The molecule has 1 aliphatic heterocycles. The zero-order valence-corrected chi connectivity index (χ0v) is 18.3. The lowest BCUT2D eigenvalue weighted by Gasteiger charge is -2.34. The molecule has 0 amide bonds. The number of halogens is 1. The number of rotatable bonds is 4. The van der Waals surface area contributed by atoms with E-state index < -0.39 is 0 Å². The summed E-state index contributed by atoms with van der Waals surface area (Å²) < 4.78 is 5.39. The fourth-order valence-corrected chi connectivity index (χ4v) is 5.08. The van der Waals surface area contributed by atoms with E-state index in [1.807, 2.05) is 48.5 Å². The molecule has 27 heavy (non-hydrogen) atoms. The van der Waals surface area contributed by atoms with Gasteiger partial charge in [0, 0.05) is 44.5 Å². The predicted octanol–water partition coefficient (Wildman–Crippen LogP) is 6.60. The van der Waals surface area contributed by atoms with E-state index in [0.717, 1.165) is 33.1 Å². The minimum atomic E-state index is -0.278. The molecular formula is C21H16INO2S2. The molecule has 0 spiro atoms. The molecule has 3 aromatic rings. The molecular weight excluding hydrogens is 489 g/mol. The van der Waals surface area contributed by atoms with E-state index in [0.29, 0.717) is 0 Å². The Morgan fingerprint density at radius 3 is 2.04 bits per heavy atom. The van der Waals surface area contributed by atoms with E-state index in [4.69, 9.17) is 4.18 Å². The second-order valence-corrected chi connectivity index (χ2v) is 8.60. The molecule has 0 atom stereocenters. The lowest BCUT2D eigenvalue weighted by atomic mass is 9.86. The Morgan fingerprint density at radius 1 is 0.926 bits per heavy atom. The summed E-state index contributed by atoms with van der Waals surface area (Å²) >= 11 is 3.37. The fraction of sp³-hybridized carbons (Fsp3) is 0.0952. The third kappa shape index (κ3) is 3.70. The van der Waals surface area contributed by atoms with Crippen LogP contribution in [0.4, 0.5) is 11.4 Å². The van der Waals surface area contributed by atoms with E-state index in [9.17, 15) is 4.79 Å². The number of benzene rings is 3. The van der Waals surface area contributed by atoms with Crippen LogP contribution >= 0.6 is 42.2 Å². The van der Waals surface area contributed by atoms with Gasteiger partial charge in [-0.25, -0.2) is 0 Å². The minimum Gasteiger partial charge on any atom is -0.415 e. The molecule has 0 fully saturated rings. The normalized spacial score (nSPS) is 13.0. The molecule has 3 nitrogen and oxygen atoms in total. The molecule has 0 aliphatic carbocycles. The quantitative estimate of drug-likeness (QED) is 0.227. The number of thioether (sulfide) groups is 1. The van der Waals surface area contributed by atoms with Crippen LogP contribution < -0.4 is 9.08 Å². The Labute approximate surface area is 179 Å². The standard InChI is InChI=1S/C21H16INO2S2/c1-23-18-8-4-2-6-16(18)20(17-7-3-5-9-19(17)23)21(24)26-15-12-10-14(11-13-15)25-27-22/h2-13,20H,1H3. The van der Waals surface area contributed by atoms with Crippen molar-refractivity contribution in [3.63, 3.8) is 0 Å². The van der Waals surface area contributed by atoms with Crippen LogP contribution in [-0.4, -0.2) is 12.2 Å². The predicted molar refractivity (Wildman–Crippen MR) is 122 cm³/mol. The number of hydrogen-bond acceptors (Lipinski definition) is 5. The lowest BCUT2D eigenvalue weighted by Crippen LogP contribution is -2.24. The van der Waals surface area contributed by atoms with E-state index >= 15 is 0 Å². The van der Waals surface area contributed by atoms with Gasteiger partial charge in [-0.05, 0) is 47.5 Å². The van der Waals surface area contributed by atoms with Gasteiger partial charge in [-0.2, -0.15) is 0 Å². The lowest BCUT2D eigenvalue weighted by molar-refractivity contribution is -0.111. The van der Waals surface area contributed by atoms with E-state index in [1.165, 1.54) is 21.0 Å². The zero-order valence-electron chi connectivity index (χ0n) is 14.5. The summed E-state index contributed by atoms with van der Waals surface area (Å²) in [5.74, 6) is 0.501. The summed E-state index contributed by atoms with van der Waals surface area (Å²) in [4.78, 5) is 16.4. The largest absolute Gasteiger partial charge is 0.415 e. The van der Waals surface area contributed by atoms with E-state index in [1.54, 1.807) is 0 Å². The SMILES string of the molecule is CN1c2ccccc2C(C(=O)Sc2ccc(OSI)cc2)c2ccccc21. The van der Waals surface area contributed by atoms with Crippen molar-refractivity contribution in [2.45, 2.75) is 10.8 Å². The summed E-state index contributed by atoms with van der Waals surface area (Å²) in [5.41, 5.74) is 4.27. The van der Waals surface area contributed by atoms with Crippen LogP contribution in [-0.2, 0) is 4.79 Å². The van der Waals surface area contributed by atoms with Gasteiger partial charge in [0.15, 0.2) is 0 Å². The van der Waals surface area contributed by atoms with Gasteiger partial charge in [0.05, 0.1) is 5.92 Å². The molecule has 1 heterocycles. The van der Waals surface area contributed by atoms with Crippen molar-refractivity contribution in [3.8, 4) is 5.75 Å². The van der Waals surface area contributed by atoms with Gasteiger partial charge in [0.1, 0.15) is 15.0 Å². The summed E-state index contributed by atoms with van der Waals surface area (Å²) in [5, 5.41) is 0.125. The number of hydrogen-bond donors (Lipinski definition) is 0. The highest BCUT2D eigenvalue weighted by molar-refractivity contribution is 14.2. The number of carbonyl (C=O) groups is 1. The van der Waals surface area contributed by atoms with Crippen molar-refractivity contribution in [1.82, 2.24) is 0 Å². The zero-order chi connectivity index (χ0) is 18.8. The molecule has 3 aromatic carbocycles. The average molecular weight is 505 g/mol. The molecule has 0 N–H and O–H groups in total. The molecule has 0 unspecified atom stereocenters. The molecule has 0 bridgehead atoms. The molecule has 1 aliphatic rings. The summed E-state index contributed by atoms with van der Waals surface area (Å²) in [7, 11) is 3.32. The number of carbonyl (C=O) groups excluding carboxylic acids is 1. The highest BCUT2D eigenvalue weighted by Gasteiger charge is 2.33. The minimum absolute atomic E-state index is 0.125. The number of fused-ring (bicyclic) bond motifs is 2. The Morgan fingerprint density at radius 2 is 1.48 bits per heavy atom. The smallest absolute Gasteiger partial charge is 0.205 e. The van der Waals surface area contributed by atoms with Crippen LogP contribution in [0.25, 0.3) is 0 Å². The maximum atomic E-state index is 13.3. The topological polar surface area (TPSA) is 29.5 Å². The maximum absolute atomic E-state index is 13.3. The molecule has 136 valence electrons. The molecule has 0 aromatic heterocycles. The summed E-state index contributed by atoms with van der Waals surface area (Å²) in [6, 6.07) is 23.9. The second-order valence-electron chi connectivity index (χ2n) is 6.15. The van der Waals surface area contributed by atoms with Crippen LogP contribution in [0.2, 0.25) is 0 Å². The van der Waals surface area contributed by atoms with Gasteiger partial charge in [-0.3, -0.25) is 4.79 Å². The number of anilines is 2. The first-order valence-corrected chi connectivity index (χ1v) is 12.5. The molecule has 4 rings (SSSR count). The average Bonchev–Trinajstić information content (AvgIpc) is 2.70. The van der Waals surface area contributed by atoms with Crippen molar-refractivity contribution >= 4 is 58.7 Å². The van der Waals surface area contributed by atoms with E-state index in [-0.39, 0.29) is 11.0 Å². The Balaban J connectivity index is 1.68. The summed E-state index contributed by atoms with van der Waals surface area (Å²) in [6.45, 7) is 0. The number of nitrogens with zero attached hydrogens (tertiary/aromatic N) is 1. The van der Waals surface area contributed by atoms with Crippen LogP contribution in [0.5, 0.6) is 5.75 Å². The first kappa shape index (κ1) is 18.7. The van der Waals surface area contributed by atoms with Crippen molar-refractivity contribution in [1.29, 1.82) is 0 Å². The van der Waals surface area contributed by atoms with Gasteiger partial charge in [-0.1, -0.05) is 48.2 Å². The highest BCUT2D eigenvalue weighted by atomic mass is 127. The van der Waals surface area contributed by atoms with Crippen molar-refractivity contribution in [2.75, 3.05) is 11.9 Å². The first-order valence-electron chi connectivity index (χ1n) is 8.37. The van der Waals surface area contributed by atoms with Crippen LogP contribution in [0.1, 0.15) is 17.0 Å². The van der Waals surface area contributed by atoms with Crippen LogP contribution in [0.3, 0.4) is 0 Å². The summed E-state index contributed by atoms with van der Waals surface area (Å²) in [6.07, 6.45) is 0. The van der Waals surface area contributed by atoms with Crippen LogP contribution in [0.15, 0.2) is 77.7 Å². The molecule has 0 saturated heterocycles. The van der Waals surface area contributed by atoms with Crippen molar-refractivity contribution in [2.24, 2.45) is 0 Å². The Hall–Kier alpha value is -1.64. The third-order valence-electron chi connectivity index (χ3n) is 4.62. The van der Waals surface area contributed by atoms with Gasteiger partial charge < -0.3 is 9.08 Å². The molecule has 0 saturated carbocycles. The monoisotopic (exact) mass is 505 g/mol. The van der Waals surface area contributed by atoms with Gasteiger partial charge >= 0.3 is 0 Å².